The van der Waals surface area contributed by atoms with Gasteiger partial charge >= 0.3 is 0 Å². The van der Waals surface area contributed by atoms with Gasteiger partial charge in [0.2, 0.25) is 5.91 Å². The lowest BCUT2D eigenvalue weighted by Gasteiger charge is -2.23. The second-order valence-corrected chi connectivity index (χ2v) is 4.65. The summed E-state index contributed by atoms with van der Waals surface area (Å²) in [5.74, 6) is -0.118. The van der Waals surface area contributed by atoms with Crippen molar-refractivity contribution in [2.45, 2.75) is 19.4 Å². The van der Waals surface area contributed by atoms with Gasteiger partial charge in [-0.15, -0.1) is 0 Å². The third-order valence-electron chi connectivity index (χ3n) is 3.21. The van der Waals surface area contributed by atoms with Crippen LogP contribution in [0.2, 0.25) is 0 Å². The molecule has 0 aliphatic heterocycles. The first kappa shape index (κ1) is 16.2. The minimum atomic E-state index is -0.265. The van der Waals surface area contributed by atoms with E-state index in [2.05, 4.69) is 11.4 Å². The Bertz CT molecular complexity index is 482. The fraction of sp³-hybridized carbons (Fsp3) is 0.467. The van der Waals surface area contributed by atoms with Crippen molar-refractivity contribution in [2.75, 3.05) is 32.6 Å². The van der Waals surface area contributed by atoms with E-state index in [0.717, 1.165) is 13.0 Å². The van der Waals surface area contributed by atoms with E-state index in [1.807, 2.05) is 18.9 Å². The molecule has 0 aliphatic rings. The minimum absolute atomic E-state index is 0.118. The van der Waals surface area contributed by atoms with E-state index in [-0.39, 0.29) is 11.9 Å². The van der Waals surface area contributed by atoms with Crippen LogP contribution in [-0.2, 0) is 9.53 Å². The van der Waals surface area contributed by atoms with Gasteiger partial charge in [0.05, 0.1) is 17.3 Å². The third kappa shape index (κ3) is 4.65. The molecule has 0 aliphatic carbocycles. The average molecular weight is 275 g/mol. The number of nitrogens with zero attached hydrogens (tertiary/aromatic N) is 2. The number of hydrogen-bond donors (Lipinski definition) is 1. The maximum Gasteiger partial charge on any atom is 0.241 e. The number of para-hydroxylation sites is 1. The number of rotatable bonds is 7. The fourth-order valence-electron chi connectivity index (χ4n) is 1.78. The smallest absolute Gasteiger partial charge is 0.241 e. The van der Waals surface area contributed by atoms with Gasteiger partial charge in [-0.3, -0.25) is 9.69 Å². The monoisotopic (exact) mass is 275 g/mol. The molecule has 1 N–H and O–H groups in total. The summed E-state index contributed by atoms with van der Waals surface area (Å²) < 4.78 is 5.00. The van der Waals surface area contributed by atoms with E-state index in [1.165, 1.54) is 0 Å². The SMILES string of the molecule is COCCCN(C)C(C)C(=O)Nc1ccccc1C#N. The molecule has 0 spiro atoms. The molecule has 5 nitrogen and oxygen atoms in total. The van der Waals surface area contributed by atoms with Gasteiger partial charge in [-0.2, -0.15) is 5.26 Å². The Hall–Kier alpha value is -1.90. The van der Waals surface area contributed by atoms with Gasteiger partial charge in [-0.1, -0.05) is 12.1 Å². The predicted molar refractivity (Wildman–Crippen MR) is 78.4 cm³/mol. The first-order chi connectivity index (χ1) is 9.60. The number of nitrogens with one attached hydrogen (secondary N) is 1. The highest BCUT2D eigenvalue weighted by Gasteiger charge is 2.18. The number of ether oxygens (including phenoxy) is 1. The molecule has 1 amide bonds. The number of methoxy groups -OCH3 is 1. The molecule has 1 aromatic carbocycles. The molecule has 0 saturated heterocycles. The second-order valence-electron chi connectivity index (χ2n) is 4.65. The van der Waals surface area contributed by atoms with Gasteiger partial charge in [0.15, 0.2) is 0 Å². The Kier molecular flexibility index (Phi) is 6.71. The van der Waals surface area contributed by atoms with Gasteiger partial charge in [0.1, 0.15) is 6.07 Å². The summed E-state index contributed by atoms with van der Waals surface area (Å²) >= 11 is 0. The molecule has 108 valence electrons. The molecule has 0 fully saturated rings. The van der Waals surface area contributed by atoms with Crippen molar-refractivity contribution < 1.29 is 9.53 Å². The molecule has 0 bridgehead atoms. The summed E-state index contributed by atoms with van der Waals surface area (Å²) in [6.45, 7) is 3.30. The van der Waals surface area contributed by atoms with Crippen LogP contribution in [0.5, 0.6) is 0 Å². The zero-order chi connectivity index (χ0) is 15.0. The van der Waals surface area contributed by atoms with Crippen molar-refractivity contribution in [1.29, 1.82) is 5.26 Å². The van der Waals surface area contributed by atoms with Crippen LogP contribution >= 0.6 is 0 Å². The first-order valence-corrected chi connectivity index (χ1v) is 6.59. The van der Waals surface area contributed by atoms with Gasteiger partial charge in [-0.25, -0.2) is 0 Å². The summed E-state index contributed by atoms with van der Waals surface area (Å²) in [5.41, 5.74) is 1.02. The molecule has 5 heteroatoms. The normalized spacial score (nSPS) is 11.9. The Morgan fingerprint density at radius 3 is 2.85 bits per heavy atom. The number of nitriles is 1. The second kappa shape index (κ2) is 8.31. The Morgan fingerprint density at radius 2 is 2.20 bits per heavy atom. The van der Waals surface area contributed by atoms with Gasteiger partial charge in [-0.05, 0) is 32.5 Å². The van der Waals surface area contributed by atoms with Crippen LogP contribution < -0.4 is 5.32 Å². The lowest BCUT2D eigenvalue weighted by Crippen LogP contribution is -2.40. The molecule has 20 heavy (non-hydrogen) atoms. The standard InChI is InChI=1S/C15H21N3O2/c1-12(18(2)9-6-10-20-3)15(19)17-14-8-5-4-7-13(14)11-16/h4-5,7-8,12H,6,9-10H2,1-3H3,(H,17,19). The lowest BCUT2D eigenvalue weighted by atomic mass is 10.2. The van der Waals surface area contributed by atoms with Crippen molar-refractivity contribution in [3.8, 4) is 6.07 Å². The summed E-state index contributed by atoms with van der Waals surface area (Å²) in [4.78, 5) is 14.1. The van der Waals surface area contributed by atoms with Crippen LogP contribution in [0.3, 0.4) is 0 Å². The number of benzene rings is 1. The zero-order valence-corrected chi connectivity index (χ0v) is 12.2. The van der Waals surface area contributed by atoms with E-state index >= 15 is 0 Å². The summed E-state index contributed by atoms with van der Waals surface area (Å²) in [6.07, 6.45) is 0.874. The van der Waals surface area contributed by atoms with Crippen molar-refractivity contribution in [3.63, 3.8) is 0 Å². The number of likely N-dealkylation sites (N-methyl/N-ethyl adjacent to an activating group) is 1. The number of amides is 1. The van der Waals surface area contributed by atoms with Crippen LogP contribution in [-0.4, -0.2) is 44.2 Å². The Morgan fingerprint density at radius 1 is 1.50 bits per heavy atom. The molecule has 0 heterocycles. The van der Waals surface area contributed by atoms with E-state index < -0.39 is 0 Å². The molecule has 1 unspecified atom stereocenters. The maximum absolute atomic E-state index is 12.2. The van der Waals surface area contributed by atoms with E-state index in [9.17, 15) is 4.79 Å². The molecule has 1 aromatic rings. The Labute approximate surface area is 120 Å². The zero-order valence-electron chi connectivity index (χ0n) is 12.2. The minimum Gasteiger partial charge on any atom is -0.385 e. The number of carbonyl (C=O) groups excluding carboxylic acids is 1. The van der Waals surface area contributed by atoms with Crippen molar-refractivity contribution in [3.05, 3.63) is 29.8 Å². The van der Waals surface area contributed by atoms with E-state index in [1.54, 1.807) is 31.4 Å². The summed E-state index contributed by atoms with van der Waals surface area (Å²) in [6, 6.07) is 8.78. The van der Waals surface area contributed by atoms with Gasteiger partial charge in [0, 0.05) is 20.3 Å². The van der Waals surface area contributed by atoms with Crippen LogP contribution in [0.25, 0.3) is 0 Å². The molecule has 1 rings (SSSR count). The molecule has 0 saturated carbocycles. The average Bonchev–Trinajstić information content (AvgIpc) is 2.47. The quantitative estimate of drug-likeness (QED) is 0.771. The summed E-state index contributed by atoms with van der Waals surface area (Å²) in [7, 11) is 3.56. The topological polar surface area (TPSA) is 65.4 Å². The van der Waals surface area contributed by atoms with Crippen LogP contribution in [0.1, 0.15) is 18.9 Å². The molecular formula is C15H21N3O2. The molecular weight excluding hydrogens is 254 g/mol. The van der Waals surface area contributed by atoms with E-state index in [4.69, 9.17) is 10.00 Å². The van der Waals surface area contributed by atoms with Crippen molar-refractivity contribution >= 4 is 11.6 Å². The Balaban J connectivity index is 2.59. The van der Waals surface area contributed by atoms with Crippen LogP contribution in [0, 0.1) is 11.3 Å². The number of carbonyl (C=O) groups is 1. The fourth-order valence-corrected chi connectivity index (χ4v) is 1.78. The van der Waals surface area contributed by atoms with Crippen molar-refractivity contribution in [2.24, 2.45) is 0 Å². The maximum atomic E-state index is 12.2. The van der Waals surface area contributed by atoms with E-state index in [0.29, 0.717) is 17.9 Å². The van der Waals surface area contributed by atoms with Gasteiger partial charge < -0.3 is 10.1 Å². The largest absolute Gasteiger partial charge is 0.385 e. The molecule has 1 atom stereocenters. The number of hydrogen-bond acceptors (Lipinski definition) is 4. The first-order valence-electron chi connectivity index (χ1n) is 6.59. The molecule has 0 aromatic heterocycles. The van der Waals surface area contributed by atoms with Crippen LogP contribution in [0.4, 0.5) is 5.69 Å². The number of anilines is 1. The van der Waals surface area contributed by atoms with Gasteiger partial charge in [0.25, 0.3) is 0 Å². The predicted octanol–water partition coefficient (Wildman–Crippen LogP) is 1.85. The highest BCUT2D eigenvalue weighted by atomic mass is 16.5. The van der Waals surface area contributed by atoms with Crippen molar-refractivity contribution in [1.82, 2.24) is 4.90 Å². The molecule has 0 radical (unpaired) electrons. The third-order valence-corrected chi connectivity index (χ3v) is 3.21. The highest BCUT2D eigenvalue weighted by molar-refractivity contribution is 5.95. The lowest BCUT2D eigenvalue weighted by molar-refractivity contribution is -0.120. The summed E-state index contributed by atoms with van der Waals surface area (Å²) in [5, 5.41) is 11.8. The van der Waals surface area contributed by atoms with Crippen LogP contribution in [0.15, 0.2) is 24.3 Å². The highest BCUT2D eigenvalue weighted by Crippen LogP contribution is 2.14.